The lowest BCUT2D eigenvalue weighted by Gasteiger charge is -2.30. The van der Waals surface area contributed by atoms with Crippen molar-refractivity contribution in [3.8, 4) is 0 Å². The van der Waals surface area contributed by atoms with Crippen molar-refractivity contribution in [2.45, 2.75) is 60.8 Å². The number of rotatable bonds is 3. The Bertz CT molecular complexity index is 443. The van der Waals surface area contributed by atoms with Gasteiger partial charge >= 0.3 is 0 Å². The lowest BCUT2D eigenvalue weighted by Crippen LogP contribution is -2.29. The molecule has 1 nitrogen and oxygen atoms in total. The second kappa shape index (κ2) is 5.48. The largest absolute Gasteiger partial charge is 0.298 e. The number of carbonyl (C=O) groups excluding carboxylic acids is 1. The Morgan fingerprint density at radius 3 is 2.11 bits per heavy atom. The van der Waals surface area contributed by atoms with E-state index < -0.39 is 0 Å². The molecule has 0 aliphatic rings. The third kappa shape index (κ3) is 4.81. The van der Waals surface area contributed by atoms with Gasteiger partial charge in [0.1, 0.15) is 5.78 Å². The highest BCUT2D eigenvalue weighted by Crippen LogP contribution is 2.36. The zero-order valence-electron chi connectivity index (χ0n) is 13.5. The summed E-state index contributed by atoms with van der Waals surface area (Å²) < 4.78 is 0. The summed E-state index contributed by atoms with van der Waals surface area (Å²) in [6, 6.07) is 8.38. The molecule has 1 unspecified atom stereocenters. The van der Waals surface area contributed by atoms with Gasteiger partial charge in [-0.15, -0.1) is 0 Å². The third-order valence-electron chi connectivity index (χ3n) is 3.32. The van der Waals surface area contributed by atoms with Gasteiger partial charge in [0, 0.05) is 11.3 Å². The van der Waals surface area contributed by atoms with Gasteiger partial charge in [-0.3, -0.25) is 4.79 Å². The zero-order chi connectivity index (χ0) is 14.8. The maximum Gasteiger partial charge on any atom is 0.145 e. The van der Waals surface area contributed by atoms with Crippen LogP contribution >= 0.6 is 0 Å². The first-order valence-corrected chi connectivity index (χ1v) is 7.11. The van der Waals surface area contributed by atoms with Gasteiger partial charge in [-0.25, -0.2) is 0 Å². The maximum absolute atomic E-state index is 12.8. The highest BCUT2D eigenvalue weighted by atomic mass is 16.1. The first-order chi connectivity index (χ1) is 8.50. The summed E-state index contributed by atoms with van der Waals surface area (Å²) in [5.41, 5.74) is 2.24. The molecular weight excluding hydrogens is 232 g/mol. The van der Waals surface area contributed by atoms with Crippen molar-refractivity contribution in [2.24, 2.45) is 10.8 Å². The molecule has 0 aromatic heterocycles. The minimum Gasteiger partial charge on any atom is -0.298 e. The topological polar surface area (TPSA) is 17.1 Å². The number of hydrogen-bond donors (Lipinski definition) is 0. The molecule has 0 saturated heterocycles. The Morgan fingerprint density at radius 1 is 1.11 bits per heavy atom. The van der Waals surface area contributed by atoms with E-state index >= 15 is 0 Å². The maximum atomic E-state index is 12.8. The Labute approximate surface area is 118 Å². The summed E-state index contributed by atoms with van der Waals surface area (Å²) in [7, 11) is 0. The van der Waals surface area contributed by atoms with E-state index in [0.29, 0.717) is 5.78 Å². The normalized spacial score (nSPS) is 14.3. The summed E-state index contributed by atoms with van der Waals surface area (Å²) in [4.78, 5) is 12.8. The van der Waals surface area contributed by atoms with Crippen molar-refractivity contribution in [3.63, 3.8) is 0 Å². The molecule has 0 aliphatic heterocycles. The number of ketones is 1. The Balaban J connectivity index is 3.17. The predicted octanol–water partition coefficient (Wildman–Crippen LogP) is 5.13. The van der Waals surface area contributed by atoms with E-state index in [4.69, 9.17) is 0 Å². The van der Waals surface area contributed by atoms with Crippen LogP contribution in [0.5, 0.6) is 0 Å². The molecule has 0 saturated carbocycles. The molecule has 1 rings (SSSR count). The van der Waals surface area contributed by atoms with E-state index in [1.54, 1.807) is 0 Å². The molecule has 0 heterocycles. The van der Waals surface area contributed by atoms with Crippen LogP contribution in [0.3, 0.4) is 0 Å². The molecule has 0 aliphatic carbocycles. The molecule has 1 heteroatoms. The van der Waals surface area contributed by atoms with E-state index in [1.807, 2.05) is 20.8 Å². The first-order valence-electron chi connectivity index (χ1n) is 7.11. The standard InChI is InChI=1S/C18H28O/c1-13-9-8-10-14(11-13)15(12-17(2,3)4)16(19)18(5,6)7/h8-11,15H,12H2,1-7H3. The van der Waals surface area contributed by atoms with E-state index in [-0.39, 0.29) is 16.7 Å². The van der Waals surface area contributed by atoms with E-state index in [1.165, 1.54) is 5.56 Å². The number of benzene rings is 1. The van der Waals surface area contributed by atoms with E-state index in [0.717, 1.165) is 12.0 Å². The number of carbonyl (C=O) groups is 1. The average molecular weight is 260 g/mol. The van der Waals surface area contributed by atoms with Gasteiger partial charge in [0.25, 0.3) is 0 Å². The third-order valence-corrected chi connectivity index (χ3v) is 3.32. The molecule has 0 bridgehead atoms. The van der Waals surface area contributed by atoms with Crippen LogP contribution in [0.15, 0.2) is 24.3 Å². The number of hydrogen-bond acceptors (Lipinski definition) is 1. The predicted molar refractivity (Wildman–Crippen MR) is 82.5 cm³/mol. The van der Waals surface area contributed by atoms with Gasteiger partial charge in [0.15, 0.2) is 0 Å². The second-order valence-corrected chi connectivity index (χ2v) is 7.85. The van der Waals surface area contributed by atoms with Crippen LogP contribution in [-0.2, 0) is 4.79 Å². The van der Waals surface area contributed by atoms with E-state index in [9.17, 15) is 4.79 Å². The SMILES string of the molecule is Cc1cccc(C(CC(C)(C)C)C(=O)C(C)(C)C)c1. The van der Waals surface area contributed by atoms with Crippen LogP contribution in [0.2, 0.25) is 0 Å². The van der Waals surface area contributed by atoms with Crippen molar-refractivity contribution in [1.82, 2.24) is 0 Å². The molecule has 0 fully saturated rings. The average Bonchev–Trinajstić information content (AvgIpc) is 2.22. The van der Waals surface area contributed by atoms with Crippen LogP contribution in [0.25, 0.3) is 0 Å². The fourth-order valence-corrected chi connectivity index (χ4v) is 2.38. The minimum atomic E-state index is -0.292. The smallest absolute Gasteiger partial charge is 0.145 e. The fraction of sp³-hybridized carbons (Fsp3) is 0.611. The van der Waals surface area contributed by atoms with Crippen LogP contribution < -0.4 is 0 Å². The Morgan fingerprint density at radius 2 is 1.68 bits per heavy atom. The van der Waals surface area contributed by atoms with Crippen molar-refractivity contribution in [1.29, 1.82) is 0 Å². The van der Waals surface area contributed by atoms with Crippen LogP contribution in [-0.4, -0.2) is 5.78 Å². The minimum absolute atomic E-state index is 0.0000926. The van der Waals surface area contributed by atoms with Gasteiger partial charge < -0.3 is 0 Å². The summed E-state index contributed by atoms with van der Waals surface area (Å²) >= 11 is 0. The Kier molecular flexibility index (Phi) is 4.60. The molecule has 0 amide bonds. The molecule has 106 valence electrons. The summed E-state index contributed by atoms with van der Waals surface area (Å²) in [5.74, 6) is 0.341. The quantitative estimate of drug-likeness (QED) is 0.736. The number of aryl methyl sites for hydroxylation is 1. The van der Waals surface area contributed by atoms with Crippen molar-refractivity contribution in [2.75, 3.05) is 0 Å². The van der Waals surface area contributed by atoms with E-state index in [2.05, 4.69) is 52.0 Å². The van der Waals surface area contributed by atoms with Crippen molar-refractivity contribution >= 4 is 5.78 Å². The second-order valence-electron chi connectivity index (χ2n) is 7.85. The molecule has 1 atom stereocenters. The monoisotopic (exact) mass is 260 g/mol. The molecule has 0 spiro atoms. The van der Waals surface area contributed by atoms with Gasteiger partial charge in [0.2, 0.25) is 0 Å². The van der Waals surface area contributed by atoms with Gasteiger partial charge in [0.05, 0.1) is 0 Å². The lowest BCUT2D eigenvalue weighted by atomic mass is 9.73. The summed E-state index contributed by atoms with van der Waals surface area (Å²) in [6.45, 7) is 14.7. The van der Waals surface area contributed by atoms with Gasteiger partial charge in [-0.1, -0.05) is 71.4 Å². The van der Waals surface area contributed by atoms with Gasteiger partial charge in [-0.2, -0.15) is 0 Å². The van der Waals surface area contributed by atoms with Crippen LogP contribution in [0.4, 0.5) is 0 Å². The van der Waals surface area contributed by atoms with Crippen LogP contribution in [0, 0.1) is 17.8 Å². The van der Waals surface area contributed by atoms with Gasteiger partial charge in [-0.05, 0) is 24.3 Å². The molecule has 1 aromatic carbocycles. The number of Topliss-reactive ketones (excluding diaryl/α,β-unsaturated/α-hetero) is 1. The first kappa shape index (κ1) is 15.9. The fourth-order valence-electron chi connectivity index (χ4n) is 2.38. The van der Waals surface area contributed by atoms with Crippen LogP contribution in [0.1, 0.15) is 65.0 Å². The molecule has 19 heavy (non-hydrogen) atoms. The highest BCUT2D eigenvalue weighted by molar-refractivity contribution is 5.90. The molecular formula is C18H28O. The zero-order valence-corrected chi connectivity index (χ0v) is 13.5. The molecule has 0 N–H and O–H groups in total. The summed E-state index contributed by atoms with van der Waals surface area (Å²) in [6.07, 6.45) is 0.895. The van der Waals surface area contributed by atoms with Crippen molar-refractivity contribution < 1.29 is 4.79 Å². The molecule has 0 radical (unpaired) electrons. The lowest BCUT2D eigenvalue weighted by molar-refractivity contribution is -0.128. The highest BCUT2D eigenvalue weighted by Gasteiger charge is 2.33. The Hall–Kier alpha value is -1.11. The molecule has 1 aromatic rings. The van der Waals surface area contributed by atoms with Crippen molar-refractivity contribution in [3.05, 3.63) is 35.4 Å². The summed E-state index contributed by atoms with van der Waals surface area (Å²) in [5, 5.41) is 0.